The lowest BCUT2D eigenvalue weighted by molar-refractivity contribution is -0.126. The van der Waals surface area contributed by atoms with Gasteiger partial charge in [0.15, 0.2) is 0 Å². The van der Waals surface area contributed by atoms with Crippen molar-refractivity contribution in [3.8, 4) is 5.75 Å². The molecule has 1 fully saturated rings. The number of methoxy groups -OCH3 is 1. The molecule has 1 atom stereocenters. The highest BCUT2D eigenvalue weighted by atomic mass is 32.2. The van der Waals surface area contributed by atoms with Crippen LogP contribution in [0.1, 0.15) is 22.1 Å². The predicted molar refractivity (Wildman–Crippen MR) is 100 cm³/mol. The number of benzene rings is 2. The molecule has 0 radical (unpaired) electrons. The van der Waals surface area contributed by atoms with Crippen molar-refractivity contribution in [2.24, 2.45) is 0 Å². The molecule has 1 saturated heterocycles. The van der Waals surface area contributed by atoms with Crippen molar-refractivity contribution in [2.45, 2.75) is 12.3 Å². The number of hydrogen-bond donors (Lipinski definition) is 0. The Hall–Kier alpha value is -2.20. The first-order valence-corrected chi connectivity index (χ1v) is 9.03. The van der Waals surface area contributed by atoms with Gasteiger partial charge in [-0.15, -0.1) is 11.8 Å². The monoisotopic (exact) mass is 339 g/mol. The van der Waals surface area contributed by atoms with Crippen LogP contribution >= 0.6 is 11.8 Å². The summed E-state index contributed by atoms with van der Waals surface area (Å²) < 4.78 is 5.15. The van der Waals surface area contributed by atoms with Gasteiger partial charge in [-0.3, -0.25) is 4.79 Å². The molecule has 3 nitrogen and oxygen atoms in total. The topological polar surface area (TPSA) is 29.5 Å². The lowest BCUT2D eigenvalue weighted by atomic mass is 10.1. The number of amides is 1. The second kappa shape index (κ2) is 7.58. The zero-order valence-corrected chi connectivity index (χ0v) is 14.8. The molecular formula is C20H21NO2S. The molecule has 0 saturated carbocycles. The van der Waals surface area contributed by atoms with Crippen molar-refractivity contribution in [3.63, 3.8) is 0 Å². The minimum atomic E-state index is 0.0568. The number of aryl methyl sites for hydroxylation is 1. The average molecular weight is 339 g/mol. The summed E-state index contributed by atoms with van der Waals surface area (Å²) in [5, 5.41) is 0.110. The van der Waals surface area contributed by atoms with E-state index in [1.165, 1.54) is 11.1 Å². The van der Waals surface area contributed by atoms with E-state index in [1.54, 1.807) is 13.2 Å². The van der Waals surface area contributed by atoms with Gasteiger partial charge in [0.05, 0.1) is 7.11 Å². The maximum Gasteiger partial charge on any atom is 0.247 e. The number of hydrogen-bond acceptors (Lipinski definition) is 3. The number of thioether (sulfide) groups is 1. The van der Waals surface area contributed by atoms with Crippen LogP contribution in [0.15, 0.2) is 54.6 Å². The van der Waals surface area contributed by atoms with Crippen LogP contribution in [0.3, 0.4) is 0 Å². The van der Waals surface area contributed by atoms with Crippen LogP contribution in [0, 0.1) is 6.92 Å². The summed E-state index contributed by atoms with van der Waals surface area (Å²) in [6.45, 7) is 2.86. The molecule has 2 aromatic carbocycles. The van der Waals surface area contributed by atoms with E-state index in [-0.39, 0.29) is 11.3 Å². The zero-order chi connectivity index (χ0) is 16.9. The maximum absolute atomic E-state index is 12.6. The molecular weight excluding hydrogens is 318 g/mol. The number of carbonyl (C=O) groups is 1. The fourth-order valence-electron chi connectivity index (χ4n) is 2.68. The molecule has 4 heteroatoms. The molecule has 1 amide bonds. The van der Waals surface area contributed by atoms with E-state index in [1.807, 2.05) is 47.0 Å². The molecule has 0 N–H and O–H groups in total. The molecule has 1 unspecified atom stereocenters. The smallest absolute Gasteiger partial charge is 0.247 e. The van der Waals surface area contributed by atoms with Gasteiger partial charge in [-0.1, -0.05) is 42.0 Å². The Bertz CT molecular complexity index is 722. The van der Waals surface area contributed by atoms with Crippen LogP contribution in [0.5, 0.6) is 5.75 Å². The van der Waals surface area contributed by atoms with Crippen molar-refractivity contribution in [3.05, 3.63) is 71.3 Å². The van der Waals surface area contributed by atoms with Gasteiger partial charge in [-0.2, -0.15) is 0 Å². The largest absolute Gasteiger partial charge is 0.497 e. The summed E-state index contributed by atoms with van der Waals surface area (Å²) in [5.41, 5.74) is 3.41. The van der Waals surface area contributed by atoms with Gasteiger partial charge >= 0.3 is 0 Å². The molecule has 0 aliphatic carbocycles. The Morgan fingerprint density at radius 3 is 2.54 bits per heavy atom. The van der Waals surface area contributed by atoms with Crippen LogP contribution in [-0.2, 0) is 4.79 Å². The van der Waals surface area contributed by atoms with E-state index >= 15 is 0 Å². The normalized spacial score (nSPS) is 17.4. The average Bonchev–Trinajstić information content (AvgIpc) is 3.10. The number of nitrogens with zero attached hydrogens (tertiary/aromatic N) is 1. The van der Waals surface area contributed by atoms with Gasteiger partial charge in [0.1, 0.15) is 11.1 Å². The number of rotatable bonds is 4. The highest BCUT2D eigenvalue weighted by molar-refractivity contribution is 7.99. The summed E-state index contributed by atoms with van der Waals surface area (Å²) in [6, 6.07) is 16.1. The van der Waals surface area contributed by atoms with Gasteiger partial charge in [-0.05, 0) is 36.3 Å². The fourth-order valence-corrected chi connectivity index (χ4v) is 3.95. The van der Waals surface area contributed by atoms with E-state index in [0.717, 1.165) is 23.6 Å². The summed E-state index contributed by atoms with van der Waals surface area (Å²) in [4.78, 5) is 14.5. The molecule has 0 bridgehead atoms. The molecule has 3 rings (SSSR count). The van der Waals surface area contributed by atoms with Crippen molar-refractivity contribution in [2.75, 3.05) is 19.4 Å². The molecule has 0 spiro atoms. The van der Waals surface area contributed by atoms with E-state index in [0.29, 0.717) is 0 Å². The molecule has 1 aliphatic rings. The summed E-state index contributed by atoms with van der Waals surface area (Å²) >= 11 is 1.82. The standard InChI is InChI=1S/C20H21NO2S/c1-15-3-8-17(9-4-15)20-21(13-14-24-20)19(22)12-7-16-5-10-18(23-2)11-6-16/h3-12,20H,13-14H2,1-2H3/b12-7+. The highest BCUT2D eigenvalue weighted by Crippen LogP contribution is 2.38. The Morgan fingerprint density at radius 1 is 1.17 bits per heavy atom. The lowest BCUT2D eigenvalue weighted by Crippen LogP contribution is -2.28. The summed E-state index contributed by atoms with van der Waals surface area (Å²) in [7, 11) is 1.64. The third-order valence-corrected chi connectivity index (χ3v) is 5.33. The van der Waals surface area contributed by atoms with Crippen LogP contribution < -0.4 is 4.74 Å². The summed E-state index contributed by atoms with van der Waals surface area (Å²) in [6.07, 6.45) is 3.52. The number of carbonyl (C=O) groups excluding carboxylic acids is 1. The van der Waals surface area contributed by atoms with Crippen molar-refractivity contribution in [1.82, 2.24) is 4.90 Å². The predicted octanol–water partition coefficient (Wildman–Crippen LogP) is 4.29. The maximum atomic E-state index is 12.6. The van der Waals surface area contributed by atoms with Crippen molar-refractivity contribution in [1.29, 1.82) is 0 Å². The first-order chi connectivity index (χ1) is 11.7. The SMILES string of the molecule is COc1ccc(/C=C/C(=O)N2CCSC2c2ccc(C)cc2)cc1. The van der Waals surface area contributed by atoms with Crippen LogP contribution in [0.4, 0.5) is 0 Å². The molecule has 1 aliphatic heterocycles. The third kappa shape index (κ3) is 3.82. The van der Waals surface area contributed by atoms with E-state index < -0.39 is 0 Å². The Morgan fingerprint density at radius 2 is 1.88 bits per heavy atom. The lowest BCUT2D eigenvalue weighted by Gasteiger charge is -2.23. The van der Waals surface area contributed by atoms with E-state index in [2.05, 4.69) is 31.2 Å². The zero-order valence-electron chi connectivity index (χ0n) is 13.9. The third-order valence-electron chi connectivity index (χ3n) is 4.07. The van der Waals surface area contributed by atoms with Gasteiger partial charge in [0, 0.05) is 18.4 Å². The minimum absolute atomic E-state index is 0.0568. The first-order valence-electron chi connectivity index (χ1n) is 7.98. The van der Waals surface area contributed by atoms with Crippen LogP contribution in [-0.4, -0.2) is 30.2 Å². The Balaban J connectivity index is 1.70. The van der Waals surface area contributed by atoms with Gasteiger partial charge in [0.2, 0.25) is 5.91 Å². The van der Waals surface area contributed by atoms with Gasteiger partial charge in [0.25, 0.3) is 0 Å². The number of ether oxygens (including phenoxy) is 1. The van der Waals surface area contributed by atoms with Crippen molar-refractivity contribution >= 4 is 23.7 Å². The van der Waals surface area contributed by atoms with Gasteiger partial charge in [-0.25, -0.2) is 0 Å². The Labute approximate surface area is 147 Å². The van der Waals surface area contributed by atoms with Crippen LogP contribution in [0.2, 0.25) is 0 Å². The first kappa shape index (κ1) is 16.7. The van der Waals surface area contributed by atoms with Crippen molar-refractivity contribution < 1.29 is 9.53 Å². The summed E-state index contributed by atoms with van der Waals surface area (Å²) in [5.74, 6) is 1.84. The van der Waals surface area contributed by atoms with E-state index in [9.17, 15) is 4.79 Å². The molecule has 2 aromatic rings. The molecule has 0 aromatic heterocycles. The van der Waals surface area contributed by atoms with E-state index in [4.69, 9.17) is 4.74 Å². The second-order valence-corrected chi connectivity index (χ2v) is 6.96. The fraction of sp³-hybridized carbons (Fsp3) is 0.250. The molecule has 124 valence electrons. The van der Waals surface area contributed by atoms with Crippen LogP contribution in [0.25, 0.3) is 6.08 Å². The van der Waals surface area contributed by atoms with Gasteiger partial charge < -0.3 is 9.64 Å². The Kier molecular flexibility index (Phi) is 5.26. The quantitative estimate of drug-likeness (QED) is 0.778. The molecule has 1 heterocycles. The second-order valence-electron chi connectivity index (χ2n) is 5.77. The minimum Gasteiger partial charge on any atom is -0.497 e. The molecule has 24 heavy (non-hydrogen) atoms. The highest BCUT2D eigenvalue weighted by Gasteiger charge is 2.29.